The Morgan fingerprint density at radius 1 is 1.50 bits per heavy atom. The van der Waals surface area contributed by atoms with Crippen molar-refractivity contribution < 1.29 is 0 Å². The number of hydrogen-bond acceptors (Lipinski definition) is 3. The minimum atomic E-state index is 0.586. The van der Waals surface area contributed by atoms with Crippen LogP contribution < -0.4 is 5.32 Å². The van der Waals surface area contributed by atoms with Crippen LogP contribution in [0.15, 0.2) is 12.4 Å². The highest BCUT2D eigenvalue weighted by molar-refractivity contribution is 5.05. The van der Waals surface area contributed by atoms with Crippen LogP contribution in [-0.2, 0) is 13.6 Å². The third-order valence-electron chi connectivity index (χ3n) is 4.01. The fraction of sp³-hybridized carbons (Fsp3) is 0.750. The Morgan fingerprint density at radius 3 is 3.12 bits per heavy atom. The quantitative estimate of drug-likeness (QED) is 0.792. The van der Waals surface area contributed by atoms with Gasteiger partial charge in [-0.25, -0.2) is 0 Å². The molecule has 0 radical (unpaired) electrons. The first-order valence-electron chi connectivity index (χ1n) is 6.16. The summed E-state index contributed by atoms with van der Waals surface area (Å²) < 4.78 is 1.89. The number of rotatable bonds is 2. The zero-order chi connectivity index (χ0) is 11.0. The van der Waals surface area contributed by atoms with Crippen LogP contribution in [0.4, 0.5) is 0 Å². The summed E-state index contributed by atoms with van der Waals surface area (Å²) >= 11 is 0. The lowest BCUT2D eigenvalue weighted by atomic mass is 9.87. The maximum Gasteiger partial charge on any atom is 0.0534 e. The second-order valence-corrected chi connectivity index (χ2v) is 5.41. The summed E-state index contributed by atoms with van der Waals surface area (Å²) in [6.07, 6.45) is 6.83. The monoisotopic (exact) mass is 220 g/mol. The molecule has 88 valence electrons. The summed E-state index contributed by atoms with van der Waals surface area (Å²) in [7, 11) is 1.98. The fourth-order valence-electron chi connectivity index (χ4n) is 3.12. The van der Waals surface area contributed by atoms with Gasteiger partial charge >= 0.3 is 0 Å². The SMILES string of the molecule is Cn1cc(CN2CCC3(CCNC3)C2)cn1. The third-order valence-corrected chi connectivity index (χ3v) is 4.01. The standard InChI is InChI=1S/C12H20N4/c1-15-7-11(6-14-15)8-16-5-3-12(10-16)2-4-13-9-12/h6-7,13H,2-5,8-10H2,1H3. The summed E-state index contributed by atoms with van der Waals surface area (Å²) in [5.41, 5.74) is 1.92. The largest absolute Gasteiger partial charge is 0.316 e. The van der Waals surface area contributed by atoms with Crippen molar-refractivity contribution in [1.82, 2.24) is 20.0 Å². The average molecular weight is 220 g/mol. The van der Waals surface area contributed by atoms with E-state index in [-0.39, 0.29) is 0 Å². The maximum atomic E-state index is 4.23. The molecular weight excluding hydrogens is 200 g/mol. The van der Waals surface area contributed by atoms with Crippen LogP contribution >= 0.6 is 0 Å². The molecule has 16 heavy (non-hydrogen) atoms. The summed E-state index contributed by atoms with van der Waals surface area (Å²) in [4.78, 5) is 2.57. The van der Waals surface area contributed by atoms with Crippen molar-refractivity contribution in [1.29, 1.82) is 0 Å². The van der Waals surface area contributed by atoms with E-state index in [2.05, 4.69) is 21.5 Å². The van der Waals surface area contributed by atoms with Crippen molar-refractivity contribution in [2.75, 3.05) is 26.2 Å². The van der Waals surface area contributed by atoms with Crippen molar-refractivity contribution in [2.45, 2.75) is 19.4 Å². The van der Waals surface area contributed by atoms with Crippen LogP contribution in [0.1, 0.15) is 18.4 Å². The lowest BCUT2D eigenvalue weighted by Gasteiger charge is -2.22. The van der Waals surface area contributed by atoms with Gasteiger partial charge in [-0.15, -0.1) is 0 Å². The summed E-state index contributed by atoms with van der Waals surface area (Å²) in [6.45, 7) is 6.00. The Hall–Kier alpha value is -0.870. The van der Waals surface area contributed by atoms with Crippen LogP contribution in [0.2, 0.25) is 0 Å². The molecule has 2 fully saturated rings. The molecule has 1 spiro atoms. The van der Waals surface area contributed by atoms with E-state index in [1.165, 1.54) is 44.6 Å². The molecule has 0 amide bonds. The lowest BCUT2D eigenvalue weighted by Crippen LogP contribution is -2.28. The second kappa shape index (κ2) is 3.86. The van der Waals surface area contributed by atoms with E-state index in [0.717, 1.165) is 6.54 Å². The summed E-state index contributed by atoms with van der Waals surface area (Å²) in [5, 5.41) is 7.73. The normalized spacial score (nSPS) is 30.6. The fourth-order valence-corrected chi connectivity index (χ4v) is 3.12. The number of nitrogens with one attached hydrogen (secondary N) is 1. The second-order valence-electron chi connectivity index (χ2n) is 5.41. The molecule has 2 saturated heterocycles. The number of nitrogens with zero attached hydrogens (tertiary/aromatic N) is 3. The molecule has 2 aliphatic heterocycles. The Morgan fingerprint density at radius 2 is 2.44 bits per heavy atom. The Labute approximate surface area is 96.6 Å². The van der Waals surface area contributed by atoms with Crippen molar-refractivity contribution in [2.24, 2.45) is 12.5 Å². The maximum absolute atomic E-state index is 4.23. The highest BCUT2D eigenvalue weighted by Gasteiger charge is 2.39. The highest BCUT2D eigenvalue weighted by Crippen LogP contribution is 2.36. The van der Waals surface area contributed by atoms with Gasteiger partial charge in [-0.3, -0.25) is 9.58 Å². The van der Waals surface area contributed by atoms with E-state index in [9.17, 15) is 0 Å². The molecule has 1 N–H and O–H groups in total. The molecule has 0 aliphatic carbocycles. The predicted octanol–water partition coefficient (Wildman–Crippen LogP) is 0.605. The van der Waals surface area contributed by atoms with Gasteiger partial charge < -0.3 is 5.32 Å². The molecule has 2 aliphatic rings. The van der Waals surface area contributed by atoms with E-state index in [1.807, 2.05) is 17.9 Å². The number of aryl methyl sites for hydroxylation is 1. The first-order chi connectivity index (χ1) is 7.76. The van der Waals surface area contributed by atoms with Gasteiger partial charge in [-0.05, 0) is 31.3 Å². The minimum absolute atomic E-state index is 0.586. The van der Waals surface area contributed by atoms with Crippen molar-refractivity contribution in [3.63, 3.8) is 0 Å². The van der Waals surface area contributed by atoms with Gasteiger partial charge in [0.2, 0.25) is 0 Å². The molecular formula is C12H20N4. The Balaban J connectivity index is 1.61. The molecule has 0 saturated carbocycles. The molecule has 1 aromatic heterocycles. The topological polar surface area (TPSA) is 33.1 Å². The minimum Gasteiger partial charge on any atom is -0.316 e. The van der Waals surface area contributed by atoms with Crippen molar-refractivity contribution >= 4 is 0 Å². The van der Waals surface area contributed by atoms with Gasteiger partial charge in [-0.1, -0.05) is 0 Å². The predicted molar refractivity (Wildman–Crippen MR) is 63.0 cm³/mol. The molecule has 1 unspecified atom stereocenters. The smallest absolute Gasteiger partial charge is 0.0534 e. The van der Waals surface area contributed by atoms with Crippen LogP contribution in [0.3, 0.4) is 0 Å². The molecule has 4 heteroatoms. The summed E-state index contributed by atoms with van der Waals surface area (Å²) in [6, 6.07) is 0. The van der Waals surface area contributed by atoms with Gasteiger partial charge in [0, 0.05) is 38.4 Å². The number of likely N-dealkylation sites (tertiary alicyclic amines) is 1. The van der Waals surface area contributed by atoms with Crippen LogP contribution in [0.5, 0.6) is 0 Å². The lowest BCUT2D eigenvalue weighted by molar-refractivity contribution is 0.268. The van der Waals surface area contributed by atoms with Gasteiger partial charge in [0.25, 0.3) is 0 Å². The Bertz CT molecular complexity index is 365. The van der Waals surface area contributed by atoms with Crippen molar-refractivity contribution in [3.8, 4) is 0 Å². The third kappa shape index (κ3) is 1.87. The molecule has 3 rings (SSSR count). The van der Waals surface area contributed by atoms with E-state index >= 15 is 0 Å². The van der Waals surface area contributed by atoms with Gasteiger partial charge in [0.1, 0.15) is 0 Å². The van der Waals surface area contributed by atoms with E-state index in [0.29, 0.717) is 5.41 Å². The van der Waals surface area contributed by atoms with Crippen molar-refractivity contribution in [3.05, 3.63) is 18.0 Å². The van der Waals surface area contributed by atoms with Gasteiger partial charge in [-0.2, -0.15) is 5.10 Å². The van der Waals surface area contributed by atoms with E-state index < -0.39 is 0 Å². The number of aromatic nitrogens is 2. The molecule has 0 aromatic carbocycles. The van der Waals surface area contributed by atoms with Crippen LogP contribution in [0.25, 0.3) is 0 Å². The zero-order valence-electron chi connectivity index (χ0n) is 9.95. The average Bonchev–Trinajstić information content (AvgIpc) is 2.94. The van der Waals surface area contributed by atoms with Crippen LogP contribution in [-0.4, -0.2) is 40.9 Å². The first kappa shape index (κ1) is 10.3. The summed E-state index contributed by atoms with van der Waals surface area (Å²) in [5.74, 6) is 0. The Kier molecular flexibility index (Phi) is 2.48. The molecule has 4 nitrogen and oxygen atoms in total. The van der Waals surface area contributed by atoms with Crippen LogP contribution in [0, 0.1) is 5.41 Å². The number of hydrogen-bond donors (Lipinski definition) is 1. The zero-order valence-corrected chi connectivity index (χ0v) is 9.95. The molecule has 3 heterocycles. The van der Waals surface area contributed by atoms with Gasteiger partial charge in [0.15, 0.2) is 0 Å². The first-order valence-corrected chi connectivity index (χ1v) is 6.16. The van der Waals surface area contributed by atoms with E-state index in [4.69, 9.17) is 0 Å². The molecule has 1 aromatic rings. The molecule has 1 atom stereocenters. The molecule has 0 bridgehead atoms. The van der Waals surface area contributed by atoms with Gasteiger partial charge in [0.05, 0.1) is 6.20 Å². The highest BCUT2D eigenvalue weighted by atomic mass is 15.2. The van der Waals surface area contributed by atoms with E-state index in [1.54, 1.807) is 0 Å².